The number of aryl methyl sites for hydroxylation is 2. The number of aromatic nitrogens is 2. The lowest BCUT2D eigenvalue weighted by Crippen LogP contribution is -2.00. The molecule has 0 amide bonds. The van der Waals surface area contributed by atoms with Crippen LogP contribution in [0.25, 0.3) is 11.3 Å². The number of hydrogen-bond donors (Lipinski definition) is 2. The molecule has 0 aliphatic heterocycles. The van der Waals surface area contributed by atoms with Crippen molar-refractivity contribution in [2.24, 2.45) is 5.73 Å². The van der Waals surface area contributed by atoms with Crippen molar-refractivity contribution >= 4 is 0 Å². The van der Waals surface area contributed by atoms with Crippen molar-refractivity contribution in [1.29, 1.82) is 0 Å². The molecule has 0 radical (unpaired) electrons. The van der Waals surface area contributed by atoms with Crippen molar-refractivity contribution in [1.82, 2.24) is 10.2 Å². The summed E-state index contributed by atoms with van der Waals surface area (Å²) < 4.78 is 0. The van der Waals surface area contributed by atoms with Crippen LogP contribution in [-0.4, -0.2) is 16.7 Å². The van der Waals surface area contributed by atoms with Gasteiger partial charge in [0.1, 0.15) is 0 Å². The summed E-state index contributed by atoms with van der Waals surface area (Å²) in [6, 6.07) is 10.5. The van der Waals surface area contributed by atoms with Crippen molar-refractivity contribution in [3.63, 3.8) is 0 Å². The SMILES string of the molecule is Cc1ccc(-c2cc(CCCN)[nH]n2)cc1. The van der Waals surface area contributed by atoms with E-state index in [1.54, 1.807) is 0 Å². The van der Waals surface area contributed by atoms with Crippen molar-refractivity contribution in [3.8, 4) is 11.3 Å². The normalized spacial score (nSPS) is 10.6. The number of rotatable bonds is 4. The Bertz CT molecular complexity index is 442. The molecule has 0 aliphatic rings. The highest BCUT2D eigenvalue weighted by Crippen LogP contribution is 2.18. The smallest absolute Gasteiger partial charge is 0.0923 e. The van der Waals surface area contributed by atoms with Gasteiger partial charge in [0.05, 0.1) is 5.69 Å². The second-order valence-electron chi connectivity index (χ2n) is 4.04. The monoisotopic (exact) mass is 215 g/mol. The summed E-state index contributed by atoms with van der Waals surface area (Å²) in [5.74, 6) is 0. The minimum atomic E-state index is 0.721. The topological polar surface area (TPSA) is 54.7 Å². The van der Waals surface area contributed by atoms with Crippen molar-refractivity contribution < 1.29 is 0 Å². The van der Waals surface area contributed by atoms with E-state index in [4.69, 9.17) is 5.73 Å². The zero-order valence-corrected chi connectivity index (χ0v) is 9.53. The number of nitrogens with two attached hydrogens (primary N) is 1. The molecule has 1 aromatic carbocycles. The van der Waals surface area contributed by atoms with Crippen LogP contribution >= 0.6 is 0 Å². The Morgan fingerprint density at radius 3 is 2.69 bits per heavy atom. The standard InChI is InChI=1S/C13H17N3/c1-10-4-6-11(7-5-10)13-9-12(15-16-13)3-2-8-14/h4-7,9H,2-3,8,14H2,1H3,(H,15,16). The van der Waals surface area contributed by atoms with E-state index in [-0.39, 0.29) is 0 Å². The van der Waals surface area contributed by atoms with Crippen molar-refractivity contribution in [2.45, 2.75) is 19.8 Å². The summed E-state index contributed by atoms with van der Waals surface area (Å²) in [6.45, 7) is 2.81. The van der Waals surface area contributed by atoms with Crippen LogP contribution in [0.3, 0.4) is 0 Å². The molecule has 0 saturated carbocycles. The van der Waals surface area contributed by atoms with Gasteiger partial charge in [-0.3, -0.25) is 5.10 Å². The molecule has 0 atom stereocenters. The summed E-state index contributed by atoms with van der Waals surface area (Å²) in [6.07, 6.45) is 1.96. The summed E-state index contributed by atoms with van der Waals surface area (Å²) >= 11 is 0. The maximum atomic E-state index is 5.48. The largest absolute Gasteiger partial charge is 0.330 e. The maximum Gasteiger partial charge on any atom is 0.0923 e. The van der Waals surface area contributed by atoms with Gasteiger partial charge in [-0.15, -0.1) is 0 Å². The molecule has 0 saturated heterocycles. The van der Waals surface area contributed by atoms with Crippen LogP contribution < -0.4 is 5.73 Å². The number of hydrogen-bond acceptors (Lipinski definition) is 2. The number of aromatic amines is 1. The third kappa shape index (κ3) is 2.49. The minimum absolute atomic E-state index is 0.721. The second-order valence-corrected chi connectivity index (χ2v) is 4.04. The molecule has 3 nitrogen and oxygen atoms in total. The zero-order valence-electron chi connectivity index (χ0n) is 9.53. The van der Waals surface area contributed by atoms with Gasteiger partial charge in [-0.25, -0.2) is 0 Å². The highest BCUT2D eigenvalue weighted by atomic mass is 15.1. The lowest BCUT2D eigenvalue weighted by Gasteiger charge is -1.96. The molecule has 2 rings (SSSR count). The number of benzene rings is 1. The van der Waals surface area contributed by atoms with E-state index in [1.807, 2.05) is 0 Å². The second kappa shape index (κ2) is 4.94. The van der Waals surface area contributed by atoms with E-state index in [2.05, 4.69) is 47.5 Å². The van der Waals surface area contributed by atoms with Crippen LogP contribution in [0.5, 0.6) is 0 Å². The molecule has 0 fully saturated rings. The Hall–Kier alpha value is -1.61. The number of nitrogens with one attached hydrogen (secondary N) is 1. The van der Waals surface area contributed by atoms with Gasteiger partial charge in [0, 0.05) is 11.3 Å². The van der Waals surface area contributed by atoms with E-state index in [9.17, 15) is 0 Å². The van der Waals surface area contributed by atoms with Crippen LogP contribution in [0.1, 0.15) is 17.7 Å². The number of H-pyrrole nitrogens is 1. The van der Waals surface area contributed by atoms with E-state index >= 15 is 0 Å². The number of nitrogens with zero attached hydrogens (tertiary/aromatic N) is 1. The highest BCUT2D eigenvalue weighted by molar-refractivity contribution is 5.59. The van der Waals surface area contributed by atoms with E-state index in [0.29, 0.717) is 0 Å². The van der Waals surface area contributed by atoms with Crippen LogP contribution in [0.4, 0.5) is 0 Å². The Balaban J connectivity index is 2.15. The average Bonchev–Trinajstić information content (AvgIpc) is 2.76. The quantitative estimate of drug-likeness (QED) is 0.822. The summed E-state index contributed by atoms with van der Waals surface area (Å²) in [5, 5.41) is 7.35. The fourth-order valence-corrected chi connectivity index (χ4v) is 1.65. The minimum Gasteiger partial charge on any atom is -0.330 e. The summed E-state index contributed by atoms with van der Waals surface area (Å²) in [4.78, 5) is 0. The van der Waals surface area contributed by atoms with Crippen LogP contribution in [0.2, 0.25) is 0 Å². The molecule has 0 bridgehead atoms. The van der Waals surface area contributed by atoms with Crippen molar-refractivity contribution in [2.75, 3.05) is 6.54 Å². The summed E-state index contributed by atoms with van der Waals surface area (Å²) in [5.41, 5.74) is 10.1. The Kier molecular flexibility index (Phi) is 3.37. The fourth-order valence-electron chi connectivity index (χ4n) is 1.65. The van der Waals surface area contributed by atoms with Crippen LogP contribution in [0.15, 0.2) is 30.3 Å². The zero-order chi connectivity index (χ0) is 11.4. The Morgan fingerprint density at radius 2 is 2.00 bits per heavy atom. The van der Waals surface area contributed by atoms with Gasteiger partial charge in [0.2, 0.25) is 0 Å². The van der Waals surface area contributed by atoms with E-state index < -0.39 is 0 Å². The lowest BCUT2D eigenvalue weighted by molar-refractivity contribution is 0.804. The predicted molar refractivity (Wildman–Crippen MR) is 66.1 cm³/mol. The van der Waals surface area contributed by atoms with Gasteiger partial charge in [-0.2, -0.15) is 5.10 Å². The molecule has 0 unspecified atom stereocenters. The third-order valence-corrected chi connectivity index (χ3v) is 2.63. The fraction of sp³-hybridized carbons (Fsp3) is 0.308. The van der Waals surface area contributed by atoms with Gasteiger partial charge >= 0.3 is 0 Å². The van der Waals surface area contributed by atoms with Gasteiger partial charge in [0.15, 0.2) is 0 Å². The first-order chi connectivity index (χ1) is 7.79. The van der Waals surface area contributed by atoms with E-state index in [0.717, 1.165) is 36.3 Å². The van der Waals surface area contributed by atoms with Crippen molar-refractivity contribution in [3.05, 3.63) is 41.6 Å². The highest BCUT2D eigenvalue weighted by Gasteiger charge is 2.03. The first-order valence-electron chi connectivity index (χ1n) is 5.61. The molecule has 1 heterocycles. The third-order valence-electron chi connectivity index (χ3n) is 2.63. The summed E-state index contributed by atoms with van der Waals surface area (Å²) in [7, 11) is 0. The van der Waals surface area contributed by atoms with Gasteiger partial charge < -0.3 is 5.73 Å². The maximum absolute atomic E-state index is 5.48. The molecule has 16 heavy (non-hydrogen) atoms. The first-order valence-corrected chi connectivity index (χ1v) is 5.61. The van der Waals surface area contributed by atoms with Crippen LogP contribution in [-0.2, 0) is 6.42 Å². The van der Waals surface area contributed by atoms with Crippen LogP contribution in [0, 0.1) is 6.92 Å². The Labute approximate surface area is 95.7 Å². The van der Waals surface area contributed by atoms with Gasteiger partial charge in [0.25, 0.3) is 0 Å². The van der Waals surface area contributed by atoms with E-state index in [1.165, 1.54) is 5.56 Å². The molecule has 3 N–H and O–H groups in total. The average molecular weight is 215 g/mol. The molecular formula is C13H17N3. The molecular weight excluding hydrogens is 198 g/mol. The molecule has 2 aromatic rings. The first kappa shape index (κ1) is 10.9. The van der Waals surface area contributed by atoms with Gasteiger partial charge in [-0.1, -0.05) is 29.8 Å². The molecule has 0 spiro atoms. The molecule has 1 aromatic heterocycles. The molecule has 84 valence electrons. The van der Waals surface area contributed by atoms with Gasteiger partial charge in [-0.05, 0) is 32.4 Å². The lowest BCUT2D eigenvalue weighted by atomic mass is 10.1. The molecule has 0 aliphatic carbocycles. The molecule has 3 heteroatoms. The predicted octanol–water partition coefficient (Wildman–Crippen LogP) is 2.28. The Morgan fingerprint density at radius 1 is 1.25 bits per heavy atom.